The second-order valence-corrected chi connectivity index (χ2v) is 6.86. The van der Waals surface area contributed by atoms with E-state index in [1.54, 1.807) is 67.6 Å². The molecule has 0 radical (unpaired) electrons. The number of anilines is 1. The molecule has 2 aromatic rings. The third-order valence-corrected chi connectivity index (χ3v) is 4.90. The normalized spacial score (nSPS) is 14.5. The summed E-state index contributed by atoms with van der Waals surface area (Å²) in [5.41, 5.74) is 2.42. The van der Waals surface area contributed by atoms with Gasteiger partial charge in [-0.1, -0.05) is 24.8 Å². The minimum atomic E-state index is -0.610. The highest BCUT2D eigenvalue weighted by molar-refractivity contribution is 6.23. The van der Waals surface area contributed by atoms with Gasteiger partial charge in [-0.25, -0.2) is 9.59 Å². The van der Waals surface area contributed by atoms with E-state index in [1.165, 1.54) is 19.1 Å². The molecular formula is C25H23NO6. The number of nitrogens with zero attached hydrogens (tertiary/aromatic N) is 1. The van der Waals surface area contributed by atoms with Crippen molar-refractivity contribution in [3.05, 3.63) is 89.2 Å². The third-order valence-electron chi connectivity index (χ3n) is 4.90. The van der Waals surface area contributed by atoms with Crippen LogP contribution in [-0.2, 0) is 19.1 Å². The average molecular weight is 433 g/mol. The number of hydrogen-bond acceptors (Lipinski definition) is 6. The van der Waals surface area contributed by atoms with E-state index < -0.39 is 11.9 Å². The van der Waals surface area contributed by atoms with Crippen LogP contribution in [0.3, 0.4) is 0 Å². The molecule has 0 saturated heterocycles. The van der Waals surface area contributed by atoms with Gasteiger partial charge >= 0.3 is 11.9 Å². The Hall–Kier alpha value is -4.13. The second-order valence-electron chi connectivity index (χ2n) is 6.86. The van der Waals surface area contributed by atoms with Crippen molar-refractivity contribution in [2.75, 3.05) is 25.7 Å². The summed E-state index contributed by atoms with van der Waals surface area (Å²) in [7, 11) is 2.56. The van der Waals surface area contributed by atoms with E-state index in [4.69, 9.17) is 14.2 Å². The molecule has 0 atom stereocenters. The van der Waals surface area contributed by atoms with Crippen molar-refractivity contribution >= 4 is 29.6 Å². The lowest BCUT2D eigenvalue weighted by molar-refractivity contribution is -0.136. The van der Waals surface area contributed by atoms with Gasteiger partial charge in [-0.2, -0.15) is 0 Å². The molecule has 0 unspecified atom stereocenters. The molecule has 0 saturated carbocycles. The Labute approximate surface area is 186 Å². The molecule has 164 valence electrons. The molecule has 1 heterocycles. The van der Waals surface area contributed by atoms with Gasteiger partial charge in [0.05, 0.1) is 30.9 Å². The summed E-state index contributed by atoms with van der Waals surface area (Å²) >= 11 is 0. The van der Waals surface area contributed by atoms with Gasteiger partial charge in [0.2, 0.25) is 0 Å². The summed E-state index contributed by atoms with van der Waals surface area (Å²) < 4.78 is 15.1. The summed E-state index contributed by atoms with van der Waals surface area (Å²) in [5, 5.41) is 0. The average Bonchev–Trinajstić information content (AvgIpc) is 3.06. The number of esters is 2. The molecule has 1 aliphatic heterocycles. The fraction of sp³-hybridized carbons (Fsp3) is 0.160. The van der Waals surface area contributed by atoms with E-state index >= 15 is 0 Å². The maximum Gasteiger partial charge on any atom is 0.340 e. The molecule has 7 nitrogen and oxygen atoms in total. The summed E-state index contributed by atoms with van der Waals surface area (Å²) in [6.07, 6.45) is 3.29. The van der Waals surface area contributed by atoms with Crippen molar-refractivity contribution in [2.24, 2.45) is 0 Å². The molecule has 2 aromatic carbocycles. The maximum absolute atomic E-state index is 13.3. The van der Waals surface area contributed by atoms with E-state index in [-0.39, 0.29) is 17.1 Å². The first-order valence-corrected chi connectivity index (χ1v) is 9.79. The molecule has 0 bridgehead atoms. The number of hydrogen-bond donors (Lipinski definition) is 0. The van der Waals surface area contributed by atoms with Crippen LogP contribution < -0.4 is 9.64 Å². The van der Waals surface area contributed by atoms with Crippen LogP contribution in [0.2, 0.25) is 0 Å². The molecule has 0 aliphatic carbocycles. The fourth-order valence-electron chi connectivity index (χ4n) is 3.34. The quantitative estimate of drug-likeness (QED) is 0.374. The summed E-state index contributed by atoms with van der Waals surface area (Å²) in [6, 6.07) is 13.5. The van der Waals surface area contributed by atoms with E-state index in [2.05, 4.69) is 6.58 Å². The van der Waals surface area contributed by atoms with E-state index in [0.717, 1.165) is 5.56 Å². The lowest BCUT2D eigenvalue weighted by atomic mass is 10.0. The maximum atomic E-state index is 13.3. The van der Waals surface area contributed by atoms with Gasteiger partial charge in [-0.05, 0) is 55.0 Å². The van der Waals surface area contributed by atoms with Crippen LogP contribution in [0, 0.1) is 0 Å². The predicted octanol–water partition coefficient (Wildman–Crippen LogP) is 3.92. The zero-order valence-electron chi connectivity index (χ0n) is 18.1. The Morgan fingerprint density at radius 1 is 0.969 bits per heavy atom. The van der Waals surface area contributed by atoms with Crippen LogP contribution in [0.25, 0.3) is 6.08 Å². The van der Waals surface area contributed by atoms with E-state index in [0.29, 0.717) is 29.3 Å². The predicted molar refractivity (Wildman–Crippen MR) is 120 cm³/mol. The van der Waals surface area contributed by atoms with Crippen molar-refractivity contribution < 1.29 is 28.6 Å². The monoisotopic (exact) mass is 433 g/mol. The highest BCUT2D eigenvalue weighted by Crippen LogP contribution is 2.35. The third kappa shape index (κ3) is 4.46. The van der Waals surface area contributed by atoms with Crippen LogP contribution in [0.4, 0.5) is 5.69 Å². The molecular weight excluding hydrogens is 410 g/mol. The van der Waals surface area contributed by atoms with Crippen molar-refractivity contribution in [1.29, 1.82) is 0 Å². The Morgan fingerprint density at radius 2 is 1.59 bits per heavy atom. The van der Waals surface area contributed by atoms with Crippen LogP contribution in [0.15, 0.2) is 78.0 Å². The number of carbonyl (C=O) groups is 3. The highest BCUT2D eigenvalue weighted by atomic mass is 16.5. The van der Waals surface area contributed by atoms with Crippen LogP contribution in [0.5, 0.6) is 5.75 Å². The van der Waals surface area contributed by atoms with Crippen LogP contribution in [0.1, 0.15) is 22.8 Å². The first kappa shape index (κ1) is 22.6. The van der Waals surface area contributed by atoms with Crippen molar-refractivity contribution in [3.63, 3.8) is 0 Å². The zero-order valence-corrected chi connectivity index (χ0v) is 18.1. The number of amides is 1. The van der Waals surface area contributed by atoms with E-state index in [9.17, 15) is 14.4 Å². The van der Waals surface area contributed by atoms with Gasteiger partial charge in [0.15, 0.2) is 0 Å². The first-order chi connectivity index (χ1) is 15.4. The van der Waals surface area contributed by atoms with Gasteiger partial charge < -0.3 is 14.2 Å². The van der Waals surface area contributed by atoms with Gasteiger partial charge in [0.25, 0.3) is 5.91 Å². The molecule has 32 heavy (non-hydrogen) atoms. The molecule has 7 heteroatoms. The molecule has 0 aromatic heterocycles. The summed E-state index contributed by atoms with van der Waals surface area (Å²) in [4.78, 5) is 38.9. The standard InChI is InChI=1S/C25H23NO6/c1-5-14-32-20-12-6-17(7-13-20)15-21-22(25(29)31-4)16(2)26(23(21)27)19-10-8-18(9-11-19)24(28)30-3/h5-13,15H,1,14H2,2-4H3/b21-15-. The lowest BCUT2D eigenvalue weighted by Crippen LogP contribution is -2.24. The molecule has 0 N–H and O–H groups in total. The Morgan fingerprint density at radius 3 is 2.16 bits per heavy atom. The largest absolute Gasteiger partial charge is 0.490 e. The van der Waals surface area contributed by atoms with Gasteiger partial charge in [-0.3, -0.25) is 9.69 Å². The Bertz CT molecular complexity index is 1110. The molecule has 1 amide bonds. The Kier molecular flexibility index (Phi) is 6.90. The second kappa shape index (κ2) is 9.78. The van der Waals surface area contributed by atoms with Crippen molar-refractivity contribution in [2.45, 2.75) is 6.92 Å². The summed E-state index contributed by atoms with van der Waals surface area (Å²) in [5.74, 6) is -0.799. The molecule has 1 aliphatic rings. The molecule has 3 rings (SSSR count). The van der Waals surface area contributed by atoms with Crippen LogP contribution in [-0.4, -0.2) is 38.7 Å². The topological polar surface area (TPSA) is 82.1 Å². The smallest absolute Gasteiger partial charge is 0.340 e. The number of ether oxygens (including phenoxy) is 3. The van der Waals surface area contributed by atoms with Gasteiger partial charge in [-0.15, -0.1) is 0 Å². The molecule has 0 fully saturated rings. The number of carbonyl (C=O) groups excluding carboxylic acids is 3. The van der Waals surface area contributed by atoms with Crippen LogP contribution >= 0.6 is 0 Å². The molecule has 0 spiro atoms. The number of methoxy groups -OCH3 is 2. The van der Waals surface area contributed by atoms with E-state index in [1.807, 2.05) is 0 Å². The first-order valence-electron chi connectivity index (χ1n) is 9.79. The minimum Gasteiger partial charge on any atom is -0.490 e. The number of rotatable bonds is 7. The Balaban J connectivity index is 1.99. The number of benzene rings is 2. The summed E-state index contributed by atoms with van der Waals surface area (Å²) in [6.45, 7) is 5.67. The highest BCUT2D eigenvalue weighted by Gasteiger charge is 2.37. The van der Waals surface area contributed by atoms with Gasteiger partial charge in [0, 0.05) is 11.4 Å². The zero-order chi connectivity index (χ0) is 23.3. The van der Waals surface area contributed by atoms with Gasteiger partial charge in [0.1, 0.15) is 12.4 Å². The lowest BCUT2D eigenvalue weighted by Gasteiger charge is -2.18. The SMILES string of the molecule is C=CCOc1ccc(/C=C2\C(=O)N(c3ccc(C(=O)OC)cc3)C(C)=C2C(=O)OC)cc1. The van der Waals surface area contributed by atoms with Crippen molar-refractivity contribution in [1.82, 2.24) is 0 Å². The fourth-order valence-corrected chi connectivity index (χ4v) is 3.34. The minimum absolute atomic E-state index is 0.182. The number of allylic oxidation sites excluding steroid dienone is 1. The van der Waals surface area contributed by atoms with Crippen molar-refractivity contribution in [3.8, 4) is 5.75 Å².